The molecule has 34 heavy (non-hydrogen) atoms. The minimum Gasteiger partial charge on any atom is -0.457 e. The number of ketones is 1. The second-order valence-corrected chi connectivity index (χ2v) is 9.78. The molecule has 1 aromatic heterocycles. The Kier molecular flexibility index (Phi) is 7.18. The zero-order valence-corrected chi connectivity index (χ0v) is 19.1. The number of hydrogen-bond acceptors (Lipinski definition) is 7. The summed E-state index contributed by atoms with van der Waals surface area (Å²) in [5, 5.41) is 0. The normalized spacial score (nSPS) is 14.3. The topological polar surface area (TPSA) is 107 Å². The van der Waals surface area contributed by atoms with E-state index in [0.717, 1.165) is 12.8 Å². The van der Waals surface area contributed by atoms with Gasteiger partial charge in [0.1, 0.15) is 5.82 Å². The van der Waals surface area contributed by atoms with E-state index in [0.29, 0.717) is 30.3 Å². The molecule has 0 spiro atoms. The minimum atomic E-state index is -3.55. The van der Waals surface area contributed by atoms with E-state index in [1.54, 1.807) is 12.1 Å². The molecule has 0 unspecified atom stereocenters. The molecule has 1 saturated heterocycles. The molecule has 0 amide bonds. The predicted octanol–water partition coefficient (Wildman–Crippen LogP) is 3.62. The van der Waals surface area contributed by atoms with E-state index < -0.39 is 28.4 Å². The van der Waals surface area contributed by atoms with Crippen LogP contribution < -0.4 is 0 Å². The lowest BCUT2D eigenvalue weighted by atomic mass is 10.1. The summed E-state index contributed by atoms with van der Waals surface area (Å²) in [7, 11) is -3.55. The van der Waals surface area contributed by atoms with Crippen LogP contribution in [-0.4, -0.2) is 49.2 Å². The third-order valence-electron chi connectivity index (χ3n) is 5.47. The number of benzene rings is 2. The standard InChI is InChI=1S/C24H23FN2O6S/c25-19-7-3-18(4-8-19)22-15-26-23(33-22)11-12-24(29)32-16-21(28)17-5-9-20(10-6-17)34(30,31)27-13-1-2-14-27/h3-10,15H,1-2,11-14,16H2. The van der Waals surface area contributed by atoms with Gasteiger partial charge in [-0.05, 0) is 61.4 Å². The molecular formula is C24H23FN2O6S. The summed E-state index contributed by atoms with van der Waals surface area (Å²) in [5.41, 5.74) is 0.914. The van der Waals surface area contributed by atoms with E-state index in [1.807, 2.05) is 0 Å². The van der Waals surface area contributed by atoms with E-state index in [-0.39, 0.29) is 29.1 Å². The lowest BCUT2D eigenvalue weighted by Gasteiger charge is -2.15. The van der Waals surface area contributed by atoms with E-state index in [9.17, 15) is 22.4 Å². The average Bonchev–Trinajstić information content (AvgIpc) is 3.55. The van der Waals surface area contributed by atoms with Gasteiger partial charge in [-0.2, -0.15) is 4.31 Å². The summed E-state index contributed by atoms with van der Waals surface area (Å²) in [4.78, 5) is 28.6. The zero-order chi connectivity index (χ0) is 24.1. The Labute approximate surface area is 196 Å². The lowest BCUT2D eigenvalue weighted by Crippen LogP contribution is -2.27. The first-order valence-electron chi connectivity index (χ1n) is 10.8. The Hall–Kier alpha value is -3.37. The first-order chi connectivity index (χ1) is 16.3. The van der Waals surface area contributed by atoms with Gasteiger partial charge in [0.15, 0.2) is 24.0 Å². The van der Waals surface area contributed by atoms with Crippen LogP contribution in [-0.2, 0) is 26.0 Å². The van der Waals surface area contributed by atoms with Crippen molar-refractivity contribution in [3.63, 3.8) is 0 Å². The zero-order valence-electron chi connectivity index (χ0n) is 18.3. The predicted molar refractivity (Wildman–Crippen MR) is 120 cm³/mol. The van der Waals surface area contributed by atoms with Gasteiger partial charge >= 0.3 is 5.97 Å². The van der Waals surface area contributed by atoms with Gasteiger partial charge in [-0.3, -0.25) is 9.59 Å². The Bertz CT molecular complexity index is 1260. The molecular weight excluding hydrogens is 463 g/mol. The highest BCUT2D eigenvalue weighted by Gasteiger charge is 2.27. The Morgan fingerprint density at radius 1 is 1.03 bits per heavy atom. The molecule has 10 heteroatoms. The largest absolute Gasteiger partial charge is 0.457 e. The van der Waals surface area contributed by atoms with Crippen molar-refractivity contribution in [1.29, 1.82) is 0 Å². The van der Waals surface area contributed by atoms with Crippen molar-refractivity contribution in [3.8, 4) is 11.3 Å². The van der Waals surface area contributed by atoms with Gasteiger partial charge in [0.05, 0.1) is 17.5 Å². The van der Waals surface area contributed by atoms with E-state index in [2.05, 4.69) is 4.98 Å². The van der Waals surface area contributed by atoms with Gasteiger partial charge in [0.2, 0.25) is 10.0 Å². The fourth-order valence-corrected chi connectivity index (χ4v) is 5.09. The molecule has 0 aliphatic carbocycles. The number of oxazole rings is 1. The van der Waals surface area contributed by atoms with Crippen LogP contribution in [0.2, 0.25) is 0 Å². The van der Waals surface area contributed by atoms with Crippen LogP contribution in [0, 0.1) is 5.82 Å². The van der Waals surface area contributed by atoms with E-state index in [4.69, 9.17) is 9.15 Å². The Morgan fingerprint density at radius 3 is 2.38 bits per heavy atom. The van der Waals surface area contributed by atoms with Gasteiger partial charge in [-0.15, -0.1) is 0 Å². The highest BCUT2D eigenvalue weighted by molar-refractivity contribution is 7.89. The van der Waals surface area contributed by atoms with Gasteiger partial charge in [-0.1, -0.05) is 0 Å². The van der Waals surface area contributed by atoms with Gasteiger partial charge in [0.25, 0.3) is 0 Å². The van der Waals surface area contributed by atoms with Crippen LogP contribution in [0.4, 0.5) is 4.39 Å². The monoisotopic (exact) mass is 486 g/mol. The number of aryl methyl sites for hydroxylation is 1. The number of hydrogen-bond donors (Lipinski definition) is 0. The van der Waals surface area contributed by atoms with Crippen molar-refractivity contribution in [2.45, 2.75) is 30.6 Å². The lowest BCUT2D eigenvalue weighted by molar-refractivity contribution is -0.142. The second kappa shape index (κ2) is 10.3. The number of rotatable bonds is 9. The summed E-state index contributed by atoms with van der Waals surface area (Å²) < 4.78 is 50.2. The quantitative estimate of drug-likeness (QED) is 0.336. The van der Waals surface area contributed by atoms with Crippen LogP contribution in [0.5, 0.6) is 0 Å². The number of nitrogens with zero attached hydrogens (tertiary/aromatic N) is 2. The van der Waals surface area contributed by atoms with Crippen molar-refractivity contribution >= 4 is 21.8 Å². The third-order valence-corrected chi connectivity index (χ3v) is 7.38. The number of carbonyl (C=O) groups is 2. The molecule has 2 aromatic carbocycles. The molecule has 0 bridgehead atoms. The molecule has 0 N–H and O–H groups in total. The third kappa shape index (κ3) is 5.57. The summed E-state index contributed by atoms with van der Waals surface area (Å²) >= 11 is 0. The summed E-state index contributed by atoms with van der Waals surface area (Å²) in [6.07, 6.45) is 3.31. The van der Waals surface area contributed by atoms with Crippen molar-refractivity contribution in [2.24, 2.45) is 0 Å². The van der Waals surface area contributed by atoms with Crippen molar-refractivity contribution in [2.75, 3.05) is 19.7 Å². The SMILES string of the molecule is O=C(CCc1ncc(-c2ccc(F)cc2)o1)OCC(=O)c1ccc(S(=O)(=O)N2CCCC2)cc1. The molecule has 3 aromatic rings. The highest BCUT2D eigenvalue weighted by atomic mass is 32.2. The number of sulfonamides is 1. The van der Waals surface area contributed by atoms with Crippen LogP contribution in [0.25, 0.3) is 11.3 Å². The number of esters is 1. The fraction of sp³-hybridized carbons (Fsp3) is 0.292. The number of carbonyl (C=O) groups excluding carboxylic acids is 2. The smallest absolute Gasteiger partial charge is 0.306 e. The fourth-order valence-electron chi connectivity index (χ4n) is 3.57. The van der Waals surface area contributed by atoms with Crippen LogP contribution in [0.1, 0.15) is 35.5 Å². The number of aromatic nitrogens is 1. The van der Waals surface area contributed by atoms with Crippen LogP contribution in [0.15, 0.2) is 64.0 Å². The Morgan fingerprint density at radius 2 is 1.71 bits per heavy atom. The molecule has 0 saturated carbocycles. The first-order valence-corrected chi connectivity index (χ1v) is 12.3. The highest BCUT2D eigenvalue weighted by Crippen LogP contribution is 2.22. The molecule has 0 atom stereocenters. The maximum Gasteiger partial charge on any atom is 0.306 e. The van der Waals surface area contributed by atoms with Crippen LogP contribution >= 0.6 is 0 Å². The van der Waals surface area contributed by atoms with Crippen molar-refractivity contribution in [1.82, 2.24) is 9.29 Å². The number of Topliss-reactive ketones (excluding diaryl/α,β-unsaturated/α-hetero) is 1. The van der Waals surface area contributed by atoms with Gasteiger partial charge in [-0.25, -0.2) is 17.8 Å². The molecule has 1 aliphatic heterocycles. The van der Waals surface area contributed by atoms with Crippen molar-refractivity contribution in [3.05, 3.63) is 72.0 Å². The number of halogens is 1. The van der Waals surface area contributed by atoms with Gasteiger partial charge in [0, 0.05) is 30.6 Å². The Balaban J connectivity index is 1.25. The maximum absolute atomic E-state index is 13.0. The first kappa shape index (κ1) is 23.8. The van der Waals surface area contributed by atoms with E-state index >= 15 is 0 Å². The van der Waals surface area contributed by atoms with Crippen LogP contribution in [0.3, 0.4) is 0 Å². The molecule has 0 radical (unpaired) electrons. The summed E-state index contributed by atoms with van der Waals surface area (Å²) in [6, 6.07) is 11.4. The average molecular weight is 487 g/mol. The maximum atomic E-state index is 13.0. The molecule has 4 rings (SSSR count). The molecule has 1 fully saturated rings. The second-order valence-electron chi connectivity index (χ2n) is 7.84. The molecule has 1 aliphatic rings. The molecule has 2 heterocycles. The number of ether oxygens (including phenoxy) is 1. The van der Waals surface area contributed by atoms with Gasteiger partial charge < -0.3 is 9.15 Å². The molecule has 178 valence electrons. The summed E-state index contributed by atoms with van der Waals surface area (Å²) in [6.45, 7) is 0.545. The molecule has 8 nitrogen and oxygen atoms in total. The minimum absolute atomic E-state index is 0.0380. The van der Waals surface area contributed by atoms with E-state index in [1.165, 1.54) is 46.9 Å². The van der Waals surface area contributed by atoms with Crippen molar-refractivity contribution < 1.29 is 31.6 Å². The summed E-state index contributed by atoms with van der Waals surface area (Å²) in [5.74, 6) is -0.619.